The van der Waals surface area contributed by atoms with Gasteiger partial charge in [-0.25, -0.2) is 0 Å². The molecule has 3 heterocycles. The van der Waals surface area contributed by atoms with Crippen molar-refractivity contribution in [3.63, 3.8) is 0 Å². The molecule has 32 heavy (non-hydrogen) atoms. The number of carbonyl (C=O) groups excluding carboxylic acids is 1. The van der Waals surface area contributed by atoms with E-state index in [-0.39, 0.29) is 12.4 Å². The lowest BCUT2D eigenvalue weighted by molar-refractivity contribution is -0.107. The Morgan fingerprint density at radius 2 is 1.94 bits per heavy atom. The molecule has 0 fully saturated rings. The van der Waals surface area contributed by atoms with Crippen molar-refractivity contribution in [1.82, 2.24) is 20.2 Å². The summed E-state index contributed by atoms with van der Waals surface area (Å²) in [6.07, 6.45) is 2.70. The van der Waals surface area contributed by atoms with E-state index in [1.165, 1.54) is 18.2 Å². The zero-order valence-corrected chi connectivity index (χ0v) is 16.9. The van der Waals surface area contributed by atoms with Gasteiger partial charge < -0.3 is 14.1 Å². The Morgan fingerprint density at radius 3 is 2.56 bits per heavy atom. The lowest BCUT2D eigenvalue weighted by Gasteiger charge is -2.20. The second kappa shape index (κ2) is 9.29. The minimum Gasteiger partial charge on any atom is -0.495 e. The van der Waals surface area contributed by atoms with Crippen molar-refractivity contribution in [3.05, 3.63) is 72.6 Å². The minimum atomic E-state index is -2.84. The molecule has 4 rings (SSSR count). The van der Waals surface area contributed by atoms with E-state index in [1.807, 2.05) is 24.3 Å². The van der Waals surface area contributed by atoms with Crippen LogP contribution < -0.4 is 9.64 Å². The van der Waals surface area contributed by atoms with E-state index in [0.29, 0.717) is 29.1 Å². The molecule has 0 aliphatic carbocycles. The Hall–Kier alpha value is -4.21. The van der Waals surface area contributed by atoms with Crippen molar-refractivity contribution in [2.24, 2.45) is 0 Å². The summed E-state index contributed by atoms with van der Waals surface area (Å²) in [5.74, 6) is -0.294. The average molecular weight is 437 g/mol. The summed E-state index contributed by atoms with van der Waals surface area (Å²) in [5, 5.41) is 6.89. The Morgan fingerprint density at radius 1 is 1.09 bits per heavy atom. The van der Waals surface area contributed by atoms with Crippen LogP contribution in [0.2, 0.25) is 0 Å². The molecule has 3 aromatic heterocycles. The fourth-order valence-corrected chi connectivity index (χ4v) is 3.07. The van der Waals surface area contributed by atoms with E-state index >= 15 is 0 Å². The highest BCUT2D eigenvalue weighted by molar-refractivity contribution is 5.81. The molecule has 0 radical (unpaired) electrons. The predicted octanol–water partition coefficient (Wildman–Crippen LogP) is 4.30. The van der Waals surface area contributed by atoms with E-state index < -0.39 is 12.3 Å². The number of hydrogen-bond acceptors (Lipinski definition) is 7. The first-order valence-corrected chi connectivity index (χ1v) is 9.46. The van der Waals surface area contributed by atoms with Crippen LogP contribution in [0, 0.1) is 0 Å². The molecule has 0 saturated carbocycles. The molecular formula is C22H17F2N5O3. The van der Waals surface area contributed by atoms with E-state index in [9.17, 15) is 13.6 Å². The van der Waals surface area contributed by atoms with Crippen LogP contribution >= 0.6 is 0 Å². The number of halogens is 2. The van der Waals surface area contributed by atoms with Crippen LogP contribution in [-0.2, 0) is 11.3 Å². The van der Waals surface area contributed by atoms with Gasteiger partial charge in [-0.05, 0) is 35.9 Å². The Bertz CT molecular complexity index is 1200. The molecule has 10 heteroatoms. The standard InChI is InChI=1S/C22H17F2N5O3/c1-31-19-9-14(15-3-2-8-25-10-15)5-7-18(19)29(13-30)12-17-6-4-16(11-26-17)21-27-28-22(32-21)20(23)24/h2-11,13,20H,12H2,1H3. The second-order valence-corrected chi connectivity index (χ2v) is 6.65. The van der Waals surface area contributed by atoms with E-state index in [4.69, 9.17) is 9.15 Å². The fraction of sp³-hybridized carbons (Fsp3) is 0.136. The highest BCUT2D eigenvalue weighted by Crippen LogP contribution is 2.33. The number of ether oxygens (including phenoxy) is 1. The van der Waals surface area contributed by atoms with Gasteiger partial charge in [0, 0.05) is 24.2 Å². The molecule has 0 saturated heterocycles. The van der Waals surface area contributed by atoms with Crippen molar-refractivity contribution in [1.29, 1.82) is 0 Å². The minimum absolute atomic E-state index is 0.0562. The first-order chi connectivity index (χ1) is 15.6. The van der Waals surface area contributed by atoms with Gasteiger partial charge in [-0.1, -0.05) is 12.1 Å². The van der Waals surface area contributed by atoms with Gasteiger partial charge in [0.1, 0.15) is 5.75 Å². The van der Waals surface area contributed by atoms with Crippen LogP contribution in [0.25, 0.3) is 22.6 Å². The third-order valence-electron chi connectivity index (χ3n) is 4.64. The summed E-state index contributed by atoms with van der Waals surface area (Å²) >= 11 is 0. The predicted molar refractivity (Wildman–Crippen MR) is 111 cm³/mol. The summed E-state index contributed by atoms with van der Waals surface area (Å²) in [6, 6.07) is 12.5. The molecule has 162 valence electrons. The summed E-state index contributed by atoms with van der Waals surface area (Å²) in [5.41, 5.74) is 3.34. The number of alkyl halides is 2. The molecule has 0 bridgehead atoms. The normalized spacial score (nSPS) is 10.9. The number of anilines is 1. The number of nitrogens with zero attached hydrogens (tertiary/aromatic N) is 5. The van der Waals surface area contributed by atoms with Crippen molar-refractivity contribution in [2.75, 3.05) is 12.0 Å². The van der Waals surface area contributed by atoms with Crippen LogP contribution in [-0.4, -0.2) is 33.7 Å². The largest absolute Gasteiger partial charge is 0.495 e. The molecule has 0 atom stereocenters. The second-order valence-electron chi connectivity index (χ2n) is 6.65. The number of hydrogen-bond donors (Lipinski definition) is 0. The van der Waals surface area contributed by atoms with Gasteiger partial charge in [-0.2, -0.15) is 8.78 Å². The SMILES string of the molecule is COc1cc(-c2cccnc2)ccc1N(C=O)Cc1ccc(-c2nnc(C(F)F)o2)cn1. The van der Waals surface area contributed by atoms with Crippen LogP contribution in [0.3, 0.4) is 0 Å². The van der Waals surface area contributed by atoms with Gasteiger partial charge >= 0.3 is 6.43 Å². The molecule has 8 nitrogen and oxygen atoms in total. The van der Waals surface area contributed by atoms with Gasteiger partial charge in [-0.15, -0.1) is 10.2 Å². The van der Waals surface area contributed by atoms with Gasteiger partial charge in [0.2, 0.25) is 12.3 Å². The van der Waals surface area contributed by atoms with Gasteiger partial charge in [0.05, 0.1) is 30.6 Å². The molecule has 0 aliphatic rings. The third kappa shape index (κ3) is 4.43. The Labute approximate surface area is 181 Å². The lowest BCUT2D eigenvalue weighted by Crippen LogP contribution is -2.21. The van der Waals surface area contributed by atoms with Crippen LogP contribution in [0.1, 0.15) is 18.0 Å². The number of amides is 1. The molecule has 4 aromatic rings. The van der Waals surface area contributed by atoms with E-state index in [0.717, 1.165) is 11.1 Å². The van der Waals surface area contributed by atoms with E-state index in [2.05, 4.69) is 20.2 Å². The van der Waals surface area contributed by atoms with Crippen molar-refractivity contribution in [2.45, 2.75) is 13.0 Å². The van der Waals surface area contributed by atoms with Gasteiger partial charge in [-0.3, -0.25) is 14.8 Å². The highest BCUT2D eigenvalue weighted by atomic mass is 19.3. The Kier molecular flexibility index (Phi) is 6.11. The molecule has 0 aliphatic heterocycles. The number of pyridine rings is 2. The summed E-state index contributed by atoms with van der Waals surface area (Å²) in [7, 11) is 1.53. The fourth-order valence-electron chi connectivity index (χ4n) is 3.07. The number of benzene rings is 1. The smallest absolute Gasteiger partial charge is 0.314 e. The van der Waals surface area contributed by atoms with Crippen LogP contribution in [0.4, 0.5) is 14.5 Å². The number of methoxy groups -OCH3 is 1. The lowest BCUT2D eigenvalue weighted by atomic mass is 10.1. The zero-order chi connectivity index (χ0) is 22.5. The molecule has 1 amide bonds. The van der Waals surface area contributed by atoms with Crippen LogP contribution in [0.5, 0.6) is 5.75 Å². The maximum Gasteiger partial charge on any atom is 0.314 e. The number of carbonyl (C=O) groups is 1. The Balaban J connectivity index is 1.54. The highest BCUT2D eigenvalue weighted by Gasteiger charge is 2.18. The summed E-state index contributed by atoms with van der Waals surface area (Å²) in [4.78, 5) is 21.7. The first-order valence-electron chi connectivity index (χ1n) is 9.46. The monoisotopic (exact) mass is 437 g/mol. The topological polar surface area (TPSA) is 94.2 Å². The molecular weight excluding hydrogens is 420 g/mol. The summed E-state index contributed by atoms with van der Waals surface area (Å²) in [6.45, 7) is 0.165. The molecule has 0 N–H and O–H groups in total. The van der Waals surface area contributed by atoms with Crippen molar-refractivity contribution >= 4 is 12.1 Å². The zero-order valence-electron chi connectivity index (χ0n) is 16.9. The molecule has 0 spiro atoms. The molecule has 1 aromatic carbocycles. The number of rotatable bonds is 8. The quantitative estimate of drug-likeness (QED) is 0.379. The van der Waals surface area contributed by atoms with Crippen molar-refractivity contribution < 1.29 is 22.7 Å². The van der Waals surface area contributed by atoms with Crippen molar-refractivity contribution in [3.8, 4) is 28.3 Å². The number of aromatic nitrogens is 4. The van der Waals surface area contributed by atoms with Gasteiger partial charge in [0.25, 0.3) is 5.89 Å². The maximum atomic E-state index is 12.6. The maximum absolute atomic E-state index is 12.6. The molecule has 0 unspecified atom stereocenters. The van der Waals surface area contributed by atoms with Crippen LogP contribution in [0.15, 0.2) is 65.5 Å². The summed E-state index contributed by atoms with van der Waals surface area (Å²) < 4.78 is 35.7. The first kappa shape index (κ1) is 21.0. The van der Waals surface area contributed by atoms with Gasteiger partial charge in [0.15, 0.2) is 0 Å². The van der Waals surface area contributed by atoms with E-state index in [1.54, 1.807) is 30.6 Å². The third-order valence-corrected chi connectivity index (χ3v) is 4.64. The average Bonchev–Trinajstić information content (AvgIpc) is 3.34.